The molecule has 6 heteroatoms. The van der Waals surface area contributed by atoms with E-state index in [2.05, 4.69) is 0 Å². The number of Topliss-reactive ketones (excluding diaryl/α,β-unsaturated/α-hetero) is 1. The molecule has 0 saturated carbocycles. The number of alkyl halides is 2. The van der Waals surface area contributed by atoms with Crippen LogP contribution in [0.15, 0.2) is 12.1 Å². The summed E-state index contributed by atoms with van der Waals surface area (Å²) in [4.78, 5) is 11.0. The average Bonchev–Trinajstić information content (AvgIpc) is 2.35. The highest BCUT2D eigenvalue weighted by atomic mass is 19.3. The van der Waals surface area contributed by atoms with Crippen LogP contribution in [-0.4, -0.2) is 16.8 Å². The molecule has 0 amide bonds. The maximum Gasteiger partial charge on any atom is 0.339 e. The average molecular weight is 220 g/mol. The highest BCUT2D eigenvalue weighted by Gasteiger charge is 2.57. The summed E-state index contributed by atoms with van der Waals surface area (Å²) >= 11 is 0. The smallest absolute Gasteiger partial charge is 0.339 e. The standard InChI is InChI=1S/C9H4F4O2/c10-3-1-2-4(11)6-5(3)7(14)9(12,13)8(6)15/h1-2,7,14H/t7-/m0/s1. The third kappa shape index (κ3) is 1.11. The quantitative estimate of drug-likeness (QED) is 0.677. The van der Waals surface area contributed by atoms with Gasteiger partial charge in [0.1, 0.15) is 11.6 Å². The fraction of sp³-hybridized carbons (Fsp3) is 0.222. The first-order valence-electron chi connectivity index (χ1n) is 3.96. The van der Waals surface area contributed by atoms with Crippen molar-refractivity contribution < 1.29 is 27.5 Å². The van der Waals surface area contributed by atoms with Crippen molar-refractivity contribution in [3.05, 3.63) is 34.9 Å². The molecular formula is C9H4F4O2. The van der Waals surface area contributed by atoms with Gasteiger partial charge in [0.05, 0.1) is 5.56 Å². The summed E-state index contributed by atoms with van der Waals surface area (Å²) in [5.74, 6) is -8.52. The van der Waals surface area contributed by atoms with Crippen molar-refractivity contribution in [2.24, 2.45) is 0 Å². The minimum absolute atomic E-state index is 0.570. The van der Waals surface area contributed by atoms with E-state index in [1.807, 2.05) is 0 Å². The first-order valence-corrected chi connectivity index (χ1v) is 3.96. The van der Waals surface area contributed by atoms with Gasteiger partial charge in [-0.3, -0.25) is 4.79 Å². The zero-order valence-corrected chi connectivity index (χ0v) is 7.10. The normalized spacial score (nSPS) is 23.0. The SMILES string of the molecule is O=C1c2c(F)ccc(F)c2[C@H](O)C1(F)F. The molecule has 2 nitrogen and oxygen atoms in total. The largest absolute Gasteiger partial charge is 0.381 e. The van der Waals surface area contributed by atoms with E-state index in [1.54, 1.807) is 0 Å². The second-order valence-electron chi connectivity index (χ2n) is 3.17. The lowest BCUT2D eigenvalue weighted by Gasteiger charge is -2.11. The number of aliphatic hydroxyl groups is 1. The van der Waals surface area contributed by atoms with Gasteiger partial charge in [-0.05, 0) is 12.1 Å². The molecule has 15 heavy (non-hydrogen) atoms. The van der Waals surface area contributed by atoms with Gasteiger partial charge >= 0.3 is 5.92 Å². The van der Waals surface area contributed by atoms with Gasteiger partial charge in [-0.15, -0.1) is 0 Å². The van der Waals surface area contributed by atoms with Gasteiger partial charge in [-0.2, -0.15) is 8.78 Å². The predicted octanol–water partition coefficient (Wildman–Crippen LogP) is 1.83. The van der Waals surface area contributed by atoms with Crippen LogP contribution in [0.5, 0.6) is 0 Å². The highest BCUT2D eigenvalue weighted by molar-refractivity contribution is 6.06. The van der Waals surface area contributed by atoms with Crippen molar-refractivity contribution in [2.45, 2.75) is 12.0 Å². The van der Waals surface area contributed by atoms with Crippen molar-refractivity contribution in [1.29, 1.82) is 0 Å². The van der Waals surface area contributed by atoms with Crippen molar-refractivity contribution >= 4 is 5.78 Å². The summed E-state index contributed by atoms with van der Waals surface area (Å²) in [6.07, 6.45) is -2.62. The van der Waals surface area contributed by atoms with Gasteiger partial charge in [0, 0.05) is 5.56 Å². The van der Waals surface area contributed by atoms with Crippen LogP contribution in [0.25, 0.3) is 0 Å². The Morgan fingerprint density at radius 3 is 2.27 bits per heavy atom. The third-order valence-corrected chi connectivity index (χ3v) is 2.29. The van der Waals surface area contributed by atoms with E-state index >= 15 is 0 Å². The molecule has 1 aromatic rings. The second kappa shape index (κ2) is 2.79. The van der Waals surface area contributed by atoms with Crippen molar-refractivity contribution in [3.8, 4) is 0 Å². The molecule has 1 atom stereocenters. The van der Waals surface area contributed by atoms with Crippen LogP contribution < -0.4 is 0 Å². The van der Waals surface area contributed by atoms with Crippen molar-refractivity contribution in [1.82, 2.24) is 0 Å². The molecule has 0 heterocycles. The van der Waals surface area contributed by atoms with E-state index in [9.17, 15) is 22.4 Å². The molecule has 2 rings (SSSR count). The maximum absolute atomic E-state index is 13.0. The van der Waals surface area contributed by atoms with Crippen LogP contribution in [0.3, 0.4) is 0 Å². The lowest BCUT2D eigenvalue weighted by atomic mass is 10.1. The van der Waals surface area contributed by atoms with Crippen LogP contribution in [0.1, 0.15) is 22.0 Å². The summed E-state index contributed by atoms with van der Waals surface area (Å²) in [5.41, 5.74) is -2.03. The van der Waals surface area contributed by atoms with Crippen LogP contribution in [0.2, 0.25) is 0 Å². The molecule has 1 aliphatic carbocycles. The van der Waals surface area contributed by atoms with E-state index in [0.717, 1.165) is 0 Å². The summed E-state index contributed by atoms with van der Waals surface area (Å²) < 4.78 is 51.9. The predicted molar refractivity (Wildman–Crippen MR) is 40.6 cm³/mol. The zero-order valence-electron chi connectivity index (χ0n) is 7.10. The molecule has 0 aliphatic heterocycles. The number of aliphatic hydroxyl groups excluding tert-OH is 1. The van der Waals surface area contributed by atoms with Crippen LogP contribution in [0.4, 0.5) is 17.6 Å². The van der Waals surface area contributed by atoms with Gasteiger partial charge in [0.2, 0.25) is 5.78 Å². The Hall–Kier alpha value is -1.43. The molecule has 1 aromatic carbocycles. The van der Waals surface area contributed by atoms with Gasteiger partial charge < -0.3 is 5.11 Å². The molecule has 1 N–H and O–H groups in total. The maximum atomic E-state index is 13.0. The number of hydrogen-bond acceptors (Lipinski definition) is 2. The van der Waals surface area contributed by atoms with Gasteiger partial charge in [-0.1, -0.05) is 0 Å². The Balaban J connectivity index is 2.78. The van der Waals surface area contributed by atoms with Gasteiger partial charge in [0.15, 0.2) is 6.10 Å². The molecule has 0 fully saturated rings. The van der Waals surface area contributed by atoms with E-state index in [4.69, 9.17) is 5.11 Å². The summed E-state index contributed by atoms with van der Waals surface area (Å²) in [5, 5.41) is 9.01. The molecular weight excluding hydrogens is 216 g/mol. The number of hydrogen-bond donors (Lipinski definition) is 1. The Kier molecular flexibility index (Phi) is 1.88. The first-order chi connectivity index (χ1) is 6.87. The number of fused-ring (bicyclic) bond motifs is 1. The first kappa shape index (κ1) is 10.1. The molecule has 0 radical (unpaired) electrons. The second-order valence-corrected chi connectivity index (χ2v) is 3.17. The number of rotatable bonds is 0. The lowest BCUT2D eigenvalue weighted by molar-refractivity contribution is -0.0717. The highest BCUT2D eigenvalue weighted by Crippen LogP contribution is 2.44. The van der Waals surface area contributed by atoms with E-state index in [-0.39, 0.29) is 0 Å². The van der Waals surface area contributed by atoms with Crippen LogP contribution >= 0.6 is 0 Å². The molecule has 0 saturated heterocycles. The fourth-order valence-electron chi connectivity index (χ4n) is 1.54. The Labute approximate surface area is 81.1 Å². The summed E-state index contributed by atoms with van der Waals surface area (Å²) in [7, 11) is 0. The molecule has 0 bridgehead atoms. The third-order valence-electron chi connectivity index (χ3n) is 2.29. The molecule has 0 spiro atoms. The number of carbonyl (C=O) groups is 1. The Morgan fingerprint density at radius 1 is 1.20 bits per heavy atom. The molecule has 1 aliphatic rings. The van der Waals surface area contributed by atoms with Crippen molar-refractivity contribution in [3.63, 3.8) is 0 Å². The molecule has 0 aromatic heterocycles. The van der Waals surface area contributed by atoms with Crippen molar-refractivity contribution in [2.75, 3.05) is 0 Å². The Morgan fingerprint density at radius 2 is 1.73 bits per heavy atom. The topological polar surface area (TPSA) is 37.3 Å². The number of benzene rings is 1. The van der Waals surface area contributed by atoms with E-state index < -0.39 is 40.6 Å². The minimum atomic E-state index is -4.16. The fourth-order valence-corrected chi connectivity index (χ4v) is 1.54. The van der Waals surface area contributed by atoms with Gasteiger partial charge in [0.25, 0.3) is 0 Å². The Bertz CT molecular complexity index is 456. The summed E-state index contributed by atoms with van der Waals surface area (Å²) in [6, 6.07) is 1.16. The lowest BCUT2D eigenvalue weighted by Crippen LogP contribution is -2.28. The number of halogens is 4. The van der Waals surface area contributed by atoms with E-state index in [1.165, 1.54) is 0 Å². The van der Waals surface area contributed by atoms with E-state index in [0.29, 0.717) is 12.1 Å². The molecule has 80 valence electrons. The van der Waals surface area contributed by atoms with Gasteiger partial charge in [-0.25, -0.2) is 8.78 Å². The number of carbonyl (C=O) groups excluding carboxylic acids is 1. The molecule has 0 unspecified atom stereocenters. The summed E-state index contributed by atoms with van der Waals surface area (Å²) in [6.45, 7) is 0. The van der Waals surface area contributed by atoms with Crippen LogP contribution in [0, 0.1) is 11.6 Å². The monoisotopic (exact) mass is 220 g/mol. The minimum Gasteiger partial charge on any atom is -0.381 e. The van der Waals surface area contributed by atoms with Crippen LogP contribution in [-0.2, 0) is 0 Å². The number of ketones is 1. The zero-order chi connectivity index (χ0) is 11.4.